The Bertz CT molecular complexity index is 597. The van der Waals surface area contributed by atoms with Gasteiger partial charge in [-0.05, 0) is 43.7 Å². The number of ether oxygens (including phenoxy) is 1. The lowest BCUT2D eigenvalue weighted by Crippen LogP contribution is -2.27. The lowest BCUT2D eigenvalue weighted by atomic mass is 10.1. The van der Waals surface area contributed by atoms with E-state index in [2.05, 4.69) is 10.3 Å². The van der Waals surface area contributed by atoms with Gasteiger partial charge in [-0.15, -0.1) is 0 Å². The van der Waals surface area contributed by atoms with Crippen molar-refractivity contribution in [3.63, 3.8) is 0 Å². The summed E-state index contributed by atoms with van der Waals surface area (Å²) in [5.41, 5.74) is 2.41. The van der Waals surface area contributed by atoms with Crippen molar-refractivity contribution < 1.29 is 9.53 Å². The van der Waals surface area contributed by atoms with E-state index in [1.165, 1.54) is 0 Å². The van der Waals surface area contributed by atoms with Gasteiger partial charge < -0.3 is 10.1 Å². The Balaban J connectivity index is 2.12. The predicted octanol–water partition coefficient (Wildman–Crippen LogP) is 2.89. The van der Waals surface area contributed by atoms with Crippen LogP contribution in [0.1, 0.15) is 34.6 Å². The van der Waals surface area contributed by atoms with E-state index < -0.39 is 0 Å². The summed E-state index contributed by atoms with van der Waals surface area (Å²) in [6.45, 7) is 3.85. The Morgan fingerprint density at radius 3 is 2.75 bits per heavy atom. The number of methoxy groups -OCH3 is 1. The Morgan fingerprint density at radius 2 is 2.10 bits per heavy atom. The molecule has 1 aromatic carbocycles. The van der Waals surface area contributed by atoms with E-state index in [9.17, 15) is 4.79 Å². The van der Waals surface area contributed by atoms with Gasteiger partial charge in [0.05, 0.1) is 18.8 Å². The third-order valence-corrected chi connectivity index (χ3v) is 3.15. The summed E-state index contributed by atoms with van der Waals surface area (Å²) >= 11 is 0. The number of nitrogens with one attached hydrogen (secondary N) is 1. The summed E-state index contributed by atoms with van der Waals surface area (Å²) in [6.07, 6.45) is 1.72. The van der Waals surface area contributed by atoms with E-state index in [1.807, 2.05) is 38.1 Å². The highest BCUT2D eigenvalue weighted by molar-refractivity contribution is 5.94. The third-order valence-electron chi connectivity index (χ3n) is 3.15. The van der Waals surface area contributed by atoms with Crippen molar-refractivity contribution in [3.05, 3.63) is 59.4 Å². The maximum atomic E-state index is 12.2. The SMILES string of the molecule is COc1cc(C(=O)N[C@@H](C)c2ccccn2)ccc1C. The molecule has 0 radical (unpaired) electrons. The van der Waals surface area contributed by atoms with Crippen molar-refractivity contribution in [2.24, 2.45) is 0 Å². The summed E-state index contributed by atoms with van der Waals surface area (Å²) in [7, 11) is 1.60. The van der Waals surface area contributed by atoms with E-state index in [-0.39, 0.29) is 11.9 Å². The summed E-state index contributed by atoms with van der Waals surface area (Å²) < 4.78 is 5.23. The molecule has 4 nitrogen and oxygen atoms in total. The van der Waals surface area contributed by atoms with Crippen molar-refractivity contribution in [3.8, 4) is 5.75 Å². The summed E-state index contributed by atoms with van der Waals surface area (Å²) in [5.74, 6) is 0.574. The van der Waals surface area contributed by atoms with Crippen LogP contribution in [-0.4, -0.2) is 18.0 Å². The van der Waals surface area contributed by atoms with Crippen LogP contribution in [0.25, 0.3) is 0 Å². The quantitative estimate of drug-likeness (QED) is 0.929. The molecule has 1 atom stereocenters. The predicted molar refractivity (Wildman–Crippen MR) is 77.8 cm³/mol. The minimum atomic E-state index is -0.143. The number of carbonyl (C=O) groups excluding carboxylic acids is 1. The van der Waals surface area contributed by atoms with Gasteiger partial charge >= 0.3 is 0 Å². The number of benzene rings is 1. The zero-order valence-corrected chi connectivity index (χ0v) is 11.9. The highest BCUT2D eigenvalue weighted by atomic mass is 16.5. The van der Waals surface area contributed by atoms with Crippen LogP contribution in [0.4, 0.5) is 0 Å². The van der Waals surface area contributed by atoms with Crippen LogP contribution in [0.3, 0.4) is 0 Å². The molecular formula is C16H18N2O2. The van der Waals surface area contributed by atoms with Crippen molar-refractivity contribution >= 4 is 5.91 Å². The number of hydrogen-bond donors (Lipinski definition) is 1. The topological polar surface area (TPSA) is 51.2 Å². The van der Waals surface area contributed by atoms with Gasteiger partial charge in [0.15, 0.2) is 0 Å². The summed E-state index contributed by atoms with van der Waals surface area (Å²) in [4.78, 5) is 16.4. The van der Waals surface area contributed by atoms with Crippen LogP contribution in [-0.2, 0) is 0 Å². The molecule has 0 saturated carbocycles. The van der Waals surface area contributed by atoms with Crippen molar-refractivity contribution in [1.82, 2.24) is 10.3 Å². The molecule has 0 aliphatic heterocycles. The van der Waals surface area contributed by atoms with E-state index in [0.29, 0.717) is 11.3 Å². The first-order valence-electron chi connectivity index (χ1n) is 6.48. The van der Waals surface area contributed by atoms with Gasteiger partial charge in [0.25, 0.3) is 5.91 Å². The van der Waals surface area contributed by atoms with Crippen molar-refractivity contribution in [2.45, 2.75) is 19.9 Å². The number of nitrogens with zero attached hydrogens (tertiary/aromatic N) is 1. The Kier molecular flexibility index (Phi) is 4.35. The minimum Gasteiger partial charge on any atom is -0.496 e. The summed E-state index contributed by atoms with van der Waals surface area (Å²) in [5, 5.41) is 2.93. The number of hydrogen-bond acceptors (Lipinski definition) is 3. The largest absolute Gasteiger partial charge is 0.496 e. The zero-order chi connectivity index (χ0) is 14.5. The molecule has 2 aromatic rings. The monoisotopic (exact) mass is 270 g/mol. The molecule has 0 bridgehead atoms. The highest BCUT2D eigenvalue weighted by Gasteiger charge is 2.13. The fourth-order valence-electron chi connectivity index (χ4n) is 1.95. The third kappa shape index (κ3) is 3.15. The standard InChI is InChI=1S/C16H18N2O2/c1-11-7-8-13(10-15(11)20-3)16(19)18-12(2)14-6-4-5-9-17-14/h4-10,12H,1-3H3,(H,18,19)/t12-/m0/s1. The second-order valence-corrected chi connectivity index (χ2v) is 4.63. The van der Waals surface area contributed by atoms with E-state index in [4.69, 9.17) is 4.74 Å². The number of rotatable bonds is 4. The van der Waals surface area contributed by atoms with Crippen LogP contribution in [0.2, 0.25) is 0 Å². The number of aryl methyl sites for hydroxylation is 1. The fourth-order valence-corrected chi connectivity index (χ4v) is 1.95. The van der Waals surface area contributed by atoms with Gasteiger partial charge in [0.1, 0.15) is 5.75 Å². The molecular weight excluding hydrogens is 252 g/mol. The highest BCUT2D eigenvalue weighted by Crippen LogP contribution is 2.19. The molecule has 0 unspecified atom stereocenters. The van der Waals surface area contributed by atoms with Crippen LogP contribution in [0.15, 0.2) is 42.6 Å². The number of carbonyl (C=O) groups is 1. The van der Waals surface area contributed by atoms with Gasteiger partial charge in [-0.1, -0.05) is 12.1 Å². The number of amides is 1. The average Bonchev–Trinajstić information content (AvgIpc) is 2.48. The first kappa shape index (κ1) is 14.1. The first-order chi connectivity index (χ1) is 9.61. The van der Waals surface area contributed by atoms with Gasteiger partial charge in [0, 0.05) is 11.8 Å². The molecule has 20 heavy (non-hydrogen) atoms. The Hall–Kier alpha value is -2.36. The normalized spacial score (nSPS) is 11.8. The molecule has 0 aliphatic rings. The zero-order valence-electron chi connectivity index (χ0n) is 11.9. The van der Waals surface area contributed by atoms with Gasteiger partial charge in [-0.3, -0.25) is 9.78 Å². The maximum Gasteiger partial charge on any atom is 0.251 e. The molecule has 4 heteroatoms. The van der Waals surface area contributed by atoms with E-state index in [0.717, 1.165) is 11.3 Å². The maximum absolute atomic E-state index is 12.2. The van der Waals surface area contributed by atoms with Crippen LogP contribution in [0, 0.1) is 6.92 Å². The van der Waals surface area contributed by atoms with Crippen LogP contribution < -0.4 is 10.1 Å². The van der Waals surface area contributed by atoms with Gasteiger partial charge in [-0.2, -0.15) is 0 Å². The van der Waals surface area contributed by atoms with Crippen LogP contribution >= 0.6 is 0 Å². The molecule has 1 aromatic heterocycles. The molecule has 0 fully saturated rings. The first-order valence-corrected chi connectivity index (χ1v) is 6.48. The van der Waals surface area contributed by atoms with Crippen molar-refractivity contribution in [1.29, 1.82) is 0 Å². The van der Waals surface area contributed by atoms with E-state index >= 15 is 0 Å². The van der Waals surface area contributed by atoms with Crippen LogP contribution in [0.5, 0.6) is 5.75 Å². The molecule has 1 N–H and O–H groups in total. The summed E-state index contributed by atoms with van der Waals surface area (Å²) in [6, 6.07) is 10.9. The molecule has 0 aliphatic carbocycles. The van der Waals surface area contributed by atoms with Gasteiger partial charge in [0.2, 0.25) is 0 Å². The molecule has 1 heterocycles. The van der Waals surface area contributed by atoms with Gasteiger partial charge in [-0.25, -0.2) is 0 Å². The molecule has 2 rings (SSSR count). The lowest BCUT2D eigenvalue weighted by Gasteiger charge is -2.14. The smallest absolute Gasteiger partial charge is 0.251 e. The Labute approximate surface area is 118 Å². The molecule has 0 saturated heterocycles. The minimum absolute atomic E-state index is 0.138. The second-order valence-electron chi connectivity index (χ2n) is 4.63. The molecule has 0 spiro atoms. The van der Waals surface area contributed by atoms with E-state index in [1.54, 1.807) is 25.4 Å². The fraction of sp³-hybridized carbons (Fsp3) is 0.250. The number of pyridine rings is 1. The average molecular weight is 270 g/mol. The number of aromatic nitrogens is 1. The second kappa shape index (κ2) is 6.19. The van der Waals surface area contributed by atoms with Crippen molar-refractivity contribution in [2.75, 3.05) is 7.11 Å². The molecule has 1 amide bonds. The lowest BCUT2D eigenvalue weighted by molar-refractivity contribution is 0.0939. The Morgan fingerprint density at radius 1 is 1.30 bits per heavy atom. The molecule has 104 valence electrons.